The molecule has 0 aliphatic rings. The van der Waals surface area contributed by atoms with Crippen LogP contribution in [-0.2, 0) is 4.79 Å². The third-order valence-electron chi connectivity index (χ3n) is 12.4. The van der Waals surface area contributed by atoms with Gasteiger partial charge in [0.2, 0.25) is 5.91 Å². The van der Waals surface area contributed by atoms with E-state index in [-0.39, 0.29) is 12.5 Å². The predicted molar refractivity (Wildman–Crippen MR) is 281 cm³/mol. The van der Waals surface area contributed by atoms with Crippen molar-refractivity contribution in [2.45, 2.75) is 289 Å². The fourth-order valence-corrected chi connectivity index (χ4v) is 8.25. The van der Waals surface area contributed by atoms with E-state index in [9.17, 15) is 15.0 Å². The molecule has 3 N–H and O–H groups in total. The normalized spacial score (nSPS) is 13.4. The van der Waals surface area contributed by atoms with Crippen molar-refractivity contribution in [1.29, 1.82) is 0 Å². The third-order valence-corrected chi connectivity index (χ3v) is 12.4. The van der Waals surface area contributed by atoms with Gasteiger partial charge < -0.3 is 15.5 Å². The lowest BCUT2D eigenvalue weighted by molar-refractivity contribution is -0.123. The molecule has 0 fully saturated rings. The van der Waals surface area contributed by atoms with Crippen LogP contribution >= 0.6 is 0 Å². The fraction of sp³-hybridized carbons (Fsp3) is 0.780. The zero-order valence-electron chi connectivity index (χ0n) is 42.1. The van der Waals surface area contributed by atoms with Crippen LogP contribution in [0.15, 0.2) is 72.9 Å². The molecule has 0 heterocycles. The van der Waals surface area contributed by atoms with Gasteiger partial charge in [-0.2, -0.15) is 0 Å². The molecule has 2 atom stereocenters. The molecule has 0 rings (SSSR count). The highest BCUT2D eigenvalue weighted by Crippen LogP contribution is 2.17. The highest BCUT2D eigenvalue weighted by atomic mass is 16.3. The van der Waals surface area contributed by atoms with Crippen molar-refractivity contribution in [2.24, 2.45) is 0 Å². The number of aliphatic hydroxyl groups is 2. The average molecular weight is 879 g/mol. The molecule has 2 unspecified atom stereocenters. The second kappa shape index (κ2) is 54.2. The molecule has 0 aromatic heterocycles. The van der Waals surface area contributed by atoms with Crippen molar-refractivity contribution < 1.29 is 15.0 Å². The Morgan fingerprint density at radius 3 is 1.11 bits per heavy atom. The molecule has 0 aliphatic carbocycles. The molecule has 0 aliphatic heterocycles. The summed E-state index contributed by atoms with van der Waals surface area (Å²) in [6.45, 7) is 4.17. The maximum absolute atomic E-state index is 12.4. The van der Waals surface area contributed by atoms with E-state index in [1.807, 2.05) is 6.08 Å². The molecule has 4 nitrogen and oxygen atoms in total. The summed E-state index contributed by atoms with van der Waals surface area (Å²) >= 11 is 0. The van der Waals surface area contributed by atoms with Crippen LogP contribution in [0.1, 0.15) is 277 Å². The van der Waals surface area contributed by atoms with Gasteiger partial charge in [-0.05, 0) is 70.6 Å². The number of hydrogen-bond donors (Lipinski definition) is 3. The molecule has 4 heteroatoms. The molecule has 0 saturated heterocycles. The number of unbranched alkanes of at least 4 members (excludes halogenated alkanes) is 33. The van der Waals surface area contributed by atoms with E-state index >= 15 is 0 Å². The number of aliphatic hydroxyl groups excluding tert-OH is 2. The smallest absolute Gasteiger partial charge is 0.220 e. The first-order valence-electron chi connectivity index (χ1n) is 27.7. The number of hydrogen-bond acceptors (Lipinski definition) is 3. The lowest BCUT2D eigenvalue weighted by Gasteiger charge is -2.19. The summed E-state index contributed by atoms with van der Waals surface area (Å²) in [7, 11) is 0. The quantitative estimate of drug-likeness (QED) is 0.0421. The van der Waals surface area contributed by atoms with Gasteiger partial charge in [-0.25, -0.2) is 0 Å². The largest absolute Gasteiger partial charge is 0.394 e. The summed E-state index contributed by atoms with van der Waals surface area (Å²) in [4.78, 5) is 12.4. The van der Waals surface area contributed by atoms with Gasteiger partial charge in [0.15, 0.2) is 0 Å². The standard InChI is InChI=1S/C59H107NO3/c1-3-5-7-9-11-13-15-17-18-19-20-21-22-23-24-25-26-27-28-29-30-31-32-33-34-35-36-37-38-39-40-41-42-43-45-47-49-51-53-55-59(63)60-57(56-61)58(62)54-52-50-48-46-44-16-14-12-10-8-6-4-2/h5,7,11,13,17-18,20-21,44,46,52,54,57-58,61-62H,3-4,6,8-10,12,14-16,19,22-43,45,47-51,53,55-56H2,1-2H3,(H,60,63)/b7-5-,13-11-,18-17-,21-20-,46-44+,54-52+. The Balaban J connectivity index is 3.40. The molecule has 0 spiro atoms. The highest BCUT2D eigenvalue weighted by molar-refractivity contribution is 5.76. The Kier molecular flexibility index (Phi) is 52.3. The third kappa shape index (κ3) is 50.7. The van der Waals surface area contributed by atoms with Crippen LogP contribution in [0.3, 0.4) is 0 Å². The van der Waals surface area contributed by atoms with E-state index in [1.165, 1.54) is 199 Å². The average Bonchev–Trinajstić information content (AvgIpc) is 3.29. The van der Waals surface area contributed by atoms with Crippen LogP contribution in [0, 0.1) is 0 Å². The Labute approximate surface area is 393 Å². The Morgan fingerprint density at radius 2 is 0.714 bits per heavy atom. The van der Waals surface area contributed by atoms with Crippen molar-refractivity contribution in [1.82, 2.24) is 5.32 Å². The van der Waals surface area contributed by atoms with E-state index in [1.54, 1.807) is 6.08 Å². The van der Waals surface area contributed by atoms with Crippen molar-refractivity contribution >= 4 is 5.91 Å². The van der Waals surface area contributed by atoms with Crippen molar-refractivity contribution in [2.75, 3.05) is 6.61 Å². The predicted octanol–water partition coefficient (Wildman–Crippen LogP) is 18.2. The monoisotopic (exact) mass is 878 g/mol. The maximum atomic E-state index is 12.4. The van der Waals surface area contributed by atoms with Gasteiger partial charge in [-0.15, -0.1) is 0 Å². The van der Waals surface area contributed by atoms with Crippen molar-refractivity contribution in [3.8, 4) is 0 Å². The summed E-state index contributed by atoms with van der Waals surface area (Å²) in [6.07, 6.45) is 78.0. The fourth-order valence-electron chi connectivity index (χ4n) is 8.25. The van der Waals surface area contributed by atoms with Gasteiger partial charge in [0.1, 0.15) is 0 Å². The van der Waals surface area contributed by atoms with Crippen LogP contribution in [0.5, 0.6) is 0 Å². The minimum absolute atomic E-state index is 0.0722. The summed E-state index contributed by atoms with van der Waals surface area (Å²) in [5.74, 6) is -0.0722. The topological polar surface area (TPSA) is 69.6 Å². The van der Waals surface area contributed by atoms with Gasteiger partial charge in [-0.1, -0.05) is 273 Å². The second-order valence-electron chi connectivity index (χ2n) is 18.6. The van der Waals surface area contributed by atoms with E-state index in [0.717, 1.165) is 57.8 Å². The molecule has 0 radical (unpaired) electrons. The summed E-state index contributed by atoms with van der Waals surface area (Å²) in [5.41, 5.74) is 0. The number of allylic oxidation sites excluding steroid dienone is 11. The molecule has 0 aromatic carbocycles. The van der Waals surface area contributed by atoms with Gasteiger partial charge in [0.05, 0.1) is 18.8 Å². The first-order valence-corrected chi connectivity index (χ1v) is 27.7. The zero-order valence-corrected chi connectivity index (χ0v) is 42.1. The van der Waals surface area contributed by atoms with E-state index in [2.05, 4.69) is 79.9 Å². The summed E-state index contributed by atoms with van der Waals surface area (Å²) in [5, 5.41) is 23.0. The van der Waals surface area contributed by atoms with Crippen LogP contribution in [-0.4, -0.2) is 34.9 Å². The Morgan fingerprint density at radius 1 is 0.397 bits per heavy atom. The van der Waals surface area contributed by atoms with Crippen molar-refractivity contribution in [3.05, 3.63) is 72.9 Å². The minimum Gasteiger partial charge on any atom is -0.394 e. The minimum atomic E-state index is -0.861. The molecular weight excluding hydrogens is 771 g/mol. The Hall–Kier alpha value is -2.17. The van der Waals surface area contributed by atoms with Gasteiger partial charge in [0, 0.05) is 6.42 Å². The number of carbonyl (C=O) groups excluding carboxylic acids is 1. The maximum Gasteiger partial charge on any atom is 0.220 e. The Bertz CT molecular complexity index is 1090. The van der Waals surface area contributed by atoms with Crippen LogP contribution in [0.25, 0.3) is 0 Å². The lowest BCUT2D eigenvalue weighted by atomic mass is 10.0. The van der Waals surface area contributed by atoms with E-state index < -0.39 is 12.1 Å². The van der Waals surface area contributed by atoms with E-state index in [0.29, 0.717) is 6.42 Å². The molecule has 63 heavy (non-hydrogen) atoms. The lowest BCUT2D eigenvalue weighted by Crippen LogP contribution is -2.45. The SMILES string of the molecule is CC/C=C\C/C=C\C/C=C\C/C=C\CCCCCCCCCCCCCCCCCCCCCCCCCCCCC(=O)NC(CO)C(O)/C=C/CC/C=C/CCCCCCCC. The number of amides is 1. The first-order chi connectivity index (χ1) is 31.2. The highest BCUT2D eigenvalue weighted by Gasteiger charge is 2.18. The number of nitrogens with one attached hydrogen (secondary N) is 1. The molecule has 1 amide bonds. The molecule has 0 saturated carbocycles. The van der Waals surface area contributed by atoms with E-state index in [4.69, 9.17) is 0 Å². The molecule has 366 valence electrons. The van der Waals surface area contributed by atoms with Crippen LogP contribution in [0.2, 0.25) is 0 Å². The number of carbonyl (C=O) groups is 1. The van der Waals surface area contributed by atoms with Crippen LogP contribution < -0.4 is 5.32 Å². The zero-order chi connectivity index (χ0) is 45.6. The first kappa shape index (κ1) is 60.8. The number of rotatable bonds is 50. The molecule has 0 aromatic rings. The molecule has 0 bridgehead atoms. The van der Waals surface area contributed by atoms with Crippen LogP contribution in [0.4, 0.5) is 0 Å². The second-order valence-corrected chi connectivity index (χ2v) is 18.6. The van der Waals surface area contributed by atoms with Gasteiger partial charge >= 0.3 is 0 Å². The molecular formula is C59H107NO3. The van der Waals surface area contributed by atoms with Crippen molar-refractivity contribution in [3.63, 3.8) is 0 Å². The summed E-state index contributed by atoms with van der Waals surface area (Å²) in [6, 6.07) is -0.638. The summed E-state index contributed by atoms with van der Waals surface area (Å²) < 4.78 is 0. The van der Waals surface area contributed by atoms with Gasteiger partial charge in [0.25, 0.3) is 0 Å². The van der Waals surface area contributed by atoms with Gasteiger partial charge in [-0.3, -0.25) is 4.79 Å².